The summed E-state index contributed by atoms with van der Waals surface area (Å²) in [5.74, 6) is 0.159. The van der Waals surface area contributed by atoms with Crippen LogP contribution in [0.5, 0.6) is 0 Å². The summed E-state index contributed by atoms with van der Waals surface area (Å²) in [5.41, 5.74) is 1.55. The number of benzene rings is 1. The Balaban J connectivity index is 1.67. The highest BCUT2D eigenvalue weighted by molar-refractivity contribution is 7.90. The Labute approximate surface area is 184 Å². The number of amides is 1. The van der Waals surface area contributed by atoms with Gasteiger partial charge in [0.05, 0.1) is 24.2 Å². The molecular weight excluding hydrogens is 410 g/mol. The molecule has 0 bridgehead atoms. The van der Waals surface area contributed by atoms with Crippen LogP contribution in [0.4, 0.5) is 0 Å². The van der Waals surface area contributed by atoms with Gasteiger partial charge in [-0.15, -0.1) is 6.58 Å². The van der Waals surface area contributed by atoms with Gasteiger partial charge in [-0.2, -0.15) is 0 Å². The molecule has 1 aromatic heterocycles. The standard InChI is InChI=1S/C24H31N3O3S/c1-2-15-26(23(28)20-13-14-20)17-22-16-25-24(27(22)21-11-7-4-8-12-21)31(29,30)18-19-9-5-3-6-10-19/h2-3,5-6,9-10,16,20-21H,1,4,7-8,11-15,17-18H2. The molecule has 0 saturated heterocycles. The summed E-state index contributed by atoms with van der Waals surface area (Å²) < 4.78 is 28.6. The van der Waals surface area contributed by atoms with Crippen molar-refractivity contribution in [1.29, 1.82) is 0 Å². The zero-order valence-corrected chi connectivity index (χ0v) is 18.8. The number of carbonyl (C=O) groups excluding carboxylic acids is 1. The van der Waals surface area contributed by atoms with Crippen molar-refractivity contribution in [1.82, 2.24) is 14.5 Å². The largest absolute Gasteiger partial charge is 0.333 e. The molecule has 2 aliphatic rings. The smallest absolute Gasteiger partial charge is 0.228 e. The molecule has 1 heterocycles. The first-order valence-corrected chi connectivity index (χ1v) is 12.9. The van der Waals surface area contributed by atoms with Crippen LogP contribution in [0.15, 0.2) is 54.3 Å². The Kier molecular flexibility index (Phi) is 6.60. The van der Waals surface area contributed by atoms with Gasteiger partial charge in [0.1, 0.15) is 0 Å². The van der Waals surface area contributed by atoms with E-state index in [1.807, 2.05) is 34.9 Å². The van der Waals surface area contributed by atoms with Crippen LogP contribution in [0.25, 0.3) is 0 Å². The van der Waals surface area contributed by atoms with Crippen molar-refractivity contribution in [3.8, 4) is 0 Å². The van der Waals surface area contributed by atoms with Crippen molar-refractivity contribution in [3.05, 3.63) is 60.4 Å². The lowest BCUT2D eigenvalue weighted by Crippen LogP contribution is -2.33. The van der Waals surface area contributed by atoms with Crippen molar-refractivity contribution in [2.75, 3.05) is 6.54 Å². The Morgan fingerprint density at radius 2 is 1.84 bits per heavy atom. The number of rotatable bonds is 9. The summed E-state index contributed by atoms with van der Waals surface area (Å²) in [4.78, 5) is 19.0. The van der Waals surface area contributed by atoms with Crippen molar-refractivity contribution < 1.29 is 13.2 Å². The van der Waals surface area contributed by atoms with Crippen LogP contribution in [-0.4, -0.2) is 35.3 Å². The summed E-state index contributed by atoms with van der Waals surface area (Å²) in [6.07, 6.45) is 10.5. The summed E-state index contributed by atoms with van der Waals surface area (Å²) >= 11 is 0. The van der Waals surface area contributed by atoms with Gasteiger partial charge in [0, 0.05) is 18.5 Å². The minimum atomic E-state index is -3.62. The monoisotopic (exact) mass is 441 g/mol. The molecule has 4 rings (SSSR count). The second-order valence-electron chi connectivity index (χ2n) is 8.72. The molecule has 6 nitrogen and oxygen atoms in total. The number of hydrogen-bond donors (Lipinski definition) is 0. The molecule has 0 spiro atoms. The fraction of sp³-hybridized carbons (Fsp3) is 0.500. The molecule has 0 atom stereocenters. The number of nitrogens with zero attached hydrogens (tertiary/aromatic N) is 3. The van der Waals surface area contributed by atoms with E-state index >= 15 is 0 Å². The summed E-state index contributed by atoms with van der Waals surface area (Å²) in [6.45, 7) is 4.62. The van der Waals surface area contributed by atoms with Crippen molar-refractivity contribution in [2.24, 2.45) is 5.92 Å². The molecule has 0 N–H and O–H groups in total. The van der Waals surface area contributed by atoms with Gasteiger partial charge in [-0.3, -0.25) is 4.79 Å². The second kappa shape index (κ2) is 9.39. The number of aromatic nitrogens is 2. The molecule has 0 aliphatic heterocycles. The Hall–Kier alpha value is -2.41. The number of imidazole rings is 1. The maximum absolute atomic E-state index is 13.4. The van der Waals surface area contributed by atoms with Gasteiger partial charge in [-0.1, -0.05) is 55.7 Å². The molecule has 166 valence electrons. The van der Waals surface area contributed by atoms with E-state index in [1.54, 1.807) is 17.2 Å². The lowest BCUT2D eigenvalue weighted by Gasteiger charge is -2.28. The normalized spacial score (nSPS) is 17.4. The fourth-order valence-electron chi connectivity index (χ4n) is 4.48. The van der Waals surface area contributed by atoms with Gasteiger partial charge < -0.3 is 9.47 Å². The van der Waals surface area contributed by atoms with Crippen LogP contribution in [0.3, 0.4) is 0 Å². The third-order valence-electron chi connectivity index (χ3n) is 6.20. The molecule has 2 fully saturated rings. The quantitative estimate of drug-likeness (QED) is 0.544. The van der Waals surface area contributed by atoms with Crippen LogP contribution in [0.2, 0.25) is 0 Å². The molecular formula is C24H31N3O3S. The second-order valence-corrected chi connectivity index (χ2v) is 10.6. The fourth-order valence-corrected chi connectivity index (χ4v) is 6.02. The predicted octanol–water partition coefficient (Wildman–Crippen LogP) is 4.29. The van der Waals surface area contributed by atoms with E-state index < -0.39 is 9.84 Å². The molecule has 1 amide bonds. The first-order valence-electron chi connectivity index (χ1n) is 11.2. The average molecular weight is 442 g/mol. The summed E-state index contributed by atoms with van der Waals surface area (Å²) in [6, 6.07) is 9.33. The zero-order valence-electron chi connectivity index (χ0n) is 17.9. The van der Waals surface area contributed by atoms with Gasteiger partial charge in [-0.05, 0) is 31.2 Å². The highest BCUT2D eigenvalue weighted by Crippen LogP contribution is 2.34. The highest BCUT2D eigenvalue weighted by atomic mass is 32.2. The van der Waals surface area contributed by atoms with Gasteiger partial charge in [0.15, 0.2) is 0 Å². The van der Waals surface area contributed by atoms with E-state index in [1.165, 1.54) is 6.42 Å². The number of sulfone groups is 1. The SMILES string of the molecule is C=CCN(Cc1cnc(S(=O)(=O)Cc2ccccc2)n1C1CCCCC1)C(=O)C1CC1. The molecule has 0 radical (unpaired) electrons. The summed E-state index contributed by atoms with van der Waals surface area (Å²) in [7, 11) is -3.62. The third-order valence-corrected chi connectivity index (χ3v) is 7.77. The molecule has 7 heteroatoms. The van der Waals surface area contributed by atoms with E-state index in [-0.39, 0.29) is 28.8 Å². The Bertz CT molecular complexity index is 1020. The highest BCUT2D eigenvalue weighted by Gasteiger charge is 2.35. The maximum Gasteiger partial charge on any atom is 0.228 e. The first-order chi connectivity index (χ1) is 15.0. The average Bonchev–Trinajstić information content (AvgIpc) is 3.53. The molecule has 1 aromatic carbocycles. The molecule has 31 heavy (non-hydrogen) atoms. The van der Waals surface area contributed by atoms with E-state index in [0.29, 0.717) is 13.1 Å². The maximum atomic E-state index is 13.4. The molecule has 2 saturated carbocycles. The zero-order chi connectivity index (χ0) is 21.8. The van der Waals surface area contributed by atoms with Crippen molar-refractivity contribution in [2.45, 2.75) is 68.4 Å². The molecule has 2 aliphatic carbocycles. The molecule has 2 aromatic rings. The van der Waals surface area contributed by atoms with Gasteiger partial charge >= 0.3 is 0 Å². The van der Waals surface area contributed by atoms with E-state index in [0.717, 1.165) is 49.8 Å². The summed E-state index contributed by atoms with van der Waals surface area (Å²) in [5, 5.41) is 0.135. The van der Waals surface area contributed by atoms with Crippen LogP contribution >= 0.6 is 0 Å². The van der Waals surface area contributed by atoms with Crippen molar-refractivity contribution >= 4 is 15.7 Å². The van der Waals surface area contributed by atoms with Gasteiger partial charge in [-0.25, -0.2) is 13.4 Å². The van der Waals surface area contributed by atoms with Crippen molar-refractivity contribution in [3.63, 3.8) is 0 Å². The predicted molar refractivity (Wildman–Crippen MR) is 120 cm³/mol. The Morgan fingerprint density at radius 3 is 2.48 bits per heavy atom. The van der Waals surface area contributed by atoms with Crippen LogP contribution in [0.1, 0.15) is 62.2 Å². The topological polar surface area (TPSA) is 72.3 Å². The van der Waals surface area contributed by atoms with E-state index in [2.05, 4.69) is 11.6 Å². The van der Waals surface area contributed by atoms with Gasteiger partial charge in [0.25, 0.3) is 0 Å². The lowest BCUT2D eigenvalue weighted by molar-refractivity contribution is -0.132. The lowest BCUT2D eigenvalue weighted by atomic mass is 9.95. The van der Waals surface area contributed by atoms with Crippen LogP contribution in [-0.2, 0) is 26.9 Å². The minimum Gasteiger partial charge on any atom is -0.333 e. The Morgan fingerprint density at radius 1 is 1.13 bits per heavy atom. The van der Waals surface area contributed by atoms with Gasteiger partial charge in [0.2, 0.25) is 20.9 Å². The van der Waals surface area contributed by atoms with E-state index in [4.69, 9.17) is 0 Å². The van der Waals surface area contributed by atoms with Crippen LogP contribution in [0, 0.1) is 5.92 Å². The van der Waals surface area contributed by atoms with Crippen LogP contribution < -0.4 is 0 Å². The number of hydrogen-bond acceptors (Lipinski definition) is 4. The molecule has 0 unspecified atom stereocenters. The minimum absolute atomic E-state index is 0.0750. The van der Waals surface area contributed by atoms with E-state index in [9.17, 15) is 13.2 Å². The number of carbonyl (C=O) groups is 1. The third kappa shape index (κ3) is 5.09. The first kappa shape index (κ1) is 21.8.